The number of hydrogen-bond acceptors (Lipinski definition) is 4. The highest BCUT2D eigenvalue weighted by Crippen LogP contribution is 2.22. The summed E-state index contributed by atoms with van der Waals surface area (Å²) in [6.07, 6.45) is 1.33. The van der Waals surface area contributed by atoms with Gasteiger partial charge in [0.2, 0.25) is 5.91 Å². The van der Waals surface area contributed by atoms with Crippen molar-refractivity contribution in [1.82, 2.24) is 9.80 Å². The van der Waals surface area contributed by atoms with Crippen molar-refractivity contribution in [2.24, 2.45) is 5.73 Å². The smallest absolute Gasteiger partial charge is 0.222 e. The summed E-state index contributed by atoms with van der Waals surface area (Å²) in [4.78, 5) is 16.2. The van der Waals surface area contributed by atoms with Crippen LogP contribution in [0.5, 0.6) is 5.75 Å². The minimum atomic E-state index is 0.220. The average molecular weight is 326 g/mol. The highest BCUT2D eigenvalue weighted by Gasteiger charge is 2.20. The third-order valence-corrected chi connectivity index (χ3v) is 4.13. The number of amides is 1. The van der Waals surface area contributed by atoms with Gasteiger partial charge in [-0.25, -0.2) is 0 Å². The van der Waals surface area contributed by atoms with Gasteiger partial charge in [0.1, 0.15) is 12.4 Å². The van der Waals surface area contributed by atoms with Gasteiger partial charge in [0, 0.05) is 39.1 Å². The van der Waals surface area contributed by atoms with Gasteiger partial charge in [-0.05, 0) is 25.1 Å². The van der Waals surface area contributed by atoms with Crippen LogP contribution in [0.25, 0.3) is 0 Å². The van der Waals surface area contributed by atoms with Gasteiger partial charge in [-0.3, -0.25) is 9.69 Å². The Morgan fingerprint density at radius 2 is 1.95 bits per heavy atom. The Kier molecular flexibility index (Phi) is 6.96. The van der Waals surface area contributed by atoms with Crippen LogP contribution in [0.1, 0.15) is 12.8 Å². The van der Waals surface area contributed by atoms with Crippen molar-refractivity contribution in [2.75, 3.05) is 45.9 Å². The molecule has 122 valence electrons. The van der Waals surface area contributed by atoms with E-state index in [-0.39, 0.29) is 5.91 Å². The second kappa shape index (κ2) is 8.98. The van der Waals surface area contributed by atoms with Crippen LogP contribution in [-0.2, 0) is 4.79 Å². The molecule has 0 atom stereocenters. The summed E-state index contributed by atoms with van der Waals surface area (Å²) in [5, 5.41) is 0.637. The molecule has 1 amide bonds. The molecule has 1 heterocycles. The molecule has 1 aliphatic rings. The lowest BCUT2D eigenvalue weighted by Crippen LogP contribution is -2.49. The van der Waals surface area contributed by atoms with Gasteiger partial charge in [-0.15, -0.1) is 0 Å². The van der Waals surface area contributed by atoms with Crippen LogP contribution in [0.2, 0.25) is 5.02 Å². The Labute approximate surface area is 137 Å². The minimum Gasteiger partial charge on any atom is -0.491 e. The van der Waals surface area contributed by atoms with E-state index in [0.29, 0.717) is 24.6 Å². The summed E-state index contributed by atoms with van der Waals surface area (Å²) < 4.78 is 5.70. The van der Waals surface area contributed by atoms with Crippen molar-refractivity contribution in [1.29, 1.82) is 0 Å². The number of piperazine rings is 1. The molecule has 1 aromatic carbocycles. The summed E-state index contributed by atoms with van der Waals surface area (Å²) in [6, 6.07) is 7.49. The number of nitrogens with zero attached hydrogens (tertiary/aromatic N) is 2. The van der Waals surface area contributed by atoms with Crippen molar-refractivity contribution in [3.8, 4) is 5.75 Å². The van der Waals surface area contributed by atoms with E-state index in [1.165, 1.54) is 0 Å². The number of benzene rings is 1. The maximum Gasteiger partial charge on any atom is 0.222 e. The molecule has 0 bridgehead atoms. The molecule has 0 aromatic heterocycles. The van der Waals surface area contributed by atoms with Crippen molar-refractivity contribution in [3.05, 3.63) is 29.3 Å². The quantitative estimate of drug-likeness (QED) is 0.827. The second-order valence-corrected chi connectivity index (χ2v) is 5.80. The number of para-hydroxylation sites is 1. The summed E-state index contributed by atoms with van der Waals surface area (Å²) in [5.74, 6) is 0.942. The van der Waals surface area contributed by atoms with Gasteiger partial charge in [0.25, 0.3) is 0 Å². The Hall–Kier alpha value is -1.30. The molecule has 0 aliphatic carbocycles. The van der Waals surface area contributed by atoms with E-state index < -0.39 is 0 Å². The molecule has 0 saturated carbocycles. The number of ether oxygens (including phenoxy) is 1. The summed E-state index contributed by atoms with van der Waals surface area (Å²) >= 11 is 6.05. The van der Waals surface area contributed by atoms with Gasteiger partial charge in [-0.2, -0.15) is 0 Å². The number of carbonyl (C=O) groups excluding carboxylic acids is 1. The van der Waals surface area contributed by atoms with Crippen molar-refractivity contribution >= 4 is 17.5 Å². The van der Waals surface area contributed by atoms with Gasteiger partial charge >= 0.3 is 0 Å². The predicted octanol–water partition coefficient (Wildman–Crippen LogP) is 1.60. The maximum atomic E-state index is 11.9. The van der Waals surface area contributed by atoms with Gasteiger partial charge in [-0.1, -0.05) is 23.7 Å². The summed E-state index contributed by atoms with van der Waals surface area (Å²) in [5.41, 5.74) is 5.44. The summed E-state index contributed by atoms with van der Waals surface area (Å²) in [7, 11) is 0. The van der Waals surface area contributed by atoms with E-state index in [4.69, 9.17) is 22.1 Å². The maximum absolute atomic E-state index is 11.9. The van der Waals surface area contributed by atoms with Crippen LogP contribution in [0.3, 0.4) is 0 Å². The van der Waals surface area contributed by atoms with Crippen molar-refractivity contribution in [3.63, 3.8) is 0 Å². The SMILES string of the molecule is NCCCC(=O)N1CCN(CCOc2ccccc2Cl)CC1. The molecule has 1 aromatic rings. The molecule has 2 rings (SSSR count). The topological polar surface area (TPSA) is 58.8 Å². The van der Waals surface area contributed by atoms with Crippen LogP contribution in [0.4, 0.5) is 0 Å². The zero-order chi connectivity index (χ0) is 15.8. The van der Waals surface area contributed by atoms with Crippen LogP contribution in [-0.4, -0.2) is 61.6 Å². The van der Waals surface area contributed by atoms with Crippen molar-refractivity contribution in [2.45, 2.75) is 12.8 Å². The largest absolute Gasteiger partial charge is 0.491 e. The summed E-state index contributed by atoms with van der Waals surface area (Å²) in [6.45, 7) is 5.37. The average Bonchev–Trinajstić information content (AvgIpc) is 2.55. The first-order valence-electron chi connectivity index (χ1n) is 7.78. The zero-order valence-electron chi connectivity index (χ0n) is 12.8. The molecule has 1 saturated heterocycles. The van der Waals surface area contributed by atoms with Crippen LogP contribution < -0.4 is 10.5 Å². The van der Waals surface area contributed by atoms with Crippen LogP contribution >= 0.6 is 11.6 Å². The van der Waals surface area contributed by atoms with Gasteiger partial charge < -0.3 is 15.4 Å². The third-order valence-electron chi connectivity index (χ3n) is 3.82. The Balaban J connectivity index is 1.65. The van der Waals surface area contributed by atoms with E-state index in [1.54, 1.807) is 0 Å². The zero-order valence-corrected chi connectivity index (χ0v) is 13.6. The minimum absolute atomic E-state index is 0.220. The highest BCUT2D eigenvalue weighted by atomic mass is 35.5. The molecule has 0 spiro atoms. The predicted molar refractivity (Wildman–Crippen MR) is 88.3 cm³/mol. The van der Waals surface area contributed by atoms with Crippen LogP contribution in [0, 0.1) is 0 Å². The highest BCUT2D eigenvalue weighted by molar-refractivity contribution is 6.32. The van der Waals surface area contributed by atoms with E-state index in [2.05, 4.69) is 4.90 Å². The lowest BCUT2D eigenvalue weighted by Gasteiger charge is -2.34. The molecule has 1 aliphatic heterocycles. The van der Waals surface area contributed by atoms with E-state index in [0.717, 1.165) is 44.9 Å². The Bertz CT molecular complexity index is 476. The molecular weight excluding hydrogens is 302 g/mol. The van der Waals surface area contributed by atoms with Gasteiger partial charge in [0.15, 0.2) is 0 Å². The fourth-order valence-electron chi connectivity index (χ4n) is 2.48. The molecular formula is C16H24ClN3O2. The standard InChI is InChI=1S/C16H24ClN3O2/c17-14-4-1-2-5-15(14)22-13-12-19-8-10-20(11-9-19)16(21)6-3-7-18/h1-2,4-5H,3,6-13,18H2. The first-order chi connectivity index (χ1) is 10.7. The second-order valence-electron chi connectivity index (χ2n) is 5.39. The van der Waals surface area contributed by atoms with Crippen LogP contribution in [0.15, 0.2) is 24.3 Å². The molecule has 1 fully saturated rings. The van der Waals surface area contributed by atoms with E-state index >= 15 is 0 Å². The van der Waals surface area contributed by atoms with Crippen molar-refractivity contribution < 1.29 is 9.53 Å². The number of carbonyl (C=O) groups is 1. The molecule has 2 N–H and O–H groups in total. The fourth-order valence-corrected chi connectivity index (χ4v) is 2.67. The van der Waals surface area contributed by atoms with E-state index in [9.17, 15) is 4.79 Å². The first-order valence-corrected chi connectivity index (χ1v) is 8.16. The molecule has 0 radical (unpaired) electrons. The number of halogens is 1. The molecule has 5 nitrogen and oxygen atoms in total. The number of hydrogen-bond donors (Lipinski definition) is 1. The molecule has 22 heavy (non-hydrogen) atoms. The molecule has 0 unspecified atom stereocenters. The molecule has 6 heteroatoms. The lowest BCUT2D eigenvalue weighted by molar-refractivity contribution is -0.133. The normalized spacial score (nSPS) is 15.8. The fraction of sp³-hybridized carbons (Fsp3) is 0.562. The van der Waals surface area contributed by atoms with E-state index in [1.807, 2.05) is 29.2 Å². The number of rotatable bonds is 7. The first kappa shape index (κ1) is 17.1. The Morgan fingerprint density at radius 1 is 1.23 bits per heavy atom. The third kappa shape index (κ3) is 5.16. The van der Waals surface area contributed by atoms with Gasteiger partial charge in [0.05, 0.1) is 5.02 Å². The lowest BCUT2D eigenvalue weighted by atomic mass is 10.2. The monoisotopic (exact) mass is 325 g/mol. The number of nitrogens with two attached hydrogens (primary N) is 1. The Morgan fingerprint density at radius 3 is 2.64 bits per heavy atom.